The van der Waals surface area contributed by atoms with E-state index in [1.807, 2.05) is 0 Å². The van der Waals surface area contributed by atoms with E-state index in [1.165, 1.54) is 14.0 Å². The minimum Gasteiger partial charge on any atom is -0.468 e. The van der Waals surface area contributed by atoms with E-state index in [4.69, 9.17) is 17.0 Å². The number of hydrogen-bond acceptors (Lipinski definition) is 4. The predicted molar refractivity (Wildman–Crippen MR) is 69.1 cm³/mol. The van der Waals surface area contributed by atoms with Crippen molar-refractivity contribution in [3.05, 3.63) is 34.9 Å². The van der Waals surface area contributed by atoms with Gasteiger partial charge < -0.3 is 10.1 Å². The summed E-state index contributed by atoms with van der Waals surface area (Å²) in [6, 6.07) is 6.91. The molecule has 0 aliphatic carbocycles. The highest BCUT2D eigenvalue weighted by Crippen LogP contribution is 2.13. The SMILES string of the molecule is COC(=O)C(C(=N)Cc1ccc(Cl)cc1)C(C)=O. The molecule has 4 nitrogen and oxygen atoms in total. The number of methoxy groups -OCH3 is 1. The van der Waals surface area contributed by atoms with Crippen molar-refractivity contribution < 1.29 is 14.3 Å². The maximum atomic E-state index is 11.4. The van der Waals surface area contributed by atoms with Gasteiger partial charge in [0, 0.05) is 17.2 Å². The molecule has 0 radical (unpaired) electrons. The van der Waals surface area contributed by atoms with E-state index >= 15 is 0 Å². The van der Waals surface area contributed by atoms with Crippen LogP contribution in [-0.2, 0) is 20.7 Å². The van der Waals surface area contributed by atoms with Gasteiger partial charge in [0.1, 0.15) is 5.78 Å². The standard InChI is InChI=1S/C13H14ClNO3/c1-8(16)12(13(17)18-2)11(15)7-9-3-5-10(14)6-4-9/h3-6,12,15H,7H2,1-2H3. The van der Waals surface area contributed by atoms with Crippen LogP contribution in [0.1, 0.15) is 12.5 Å². The zero-order chi connectivity index (χ0) is 13.7. The van der Waals surface area contributed by atoms with Crippen molar-refractivity contribution in [1.29, 1.82) is 5.41 Å². The number of halogens is 1. The van der Waals surface area contributed by atoms with E-state index in [1.54, 1.807) is 24.3 Å². The topological polar surface area (TPSA) is 67.2 Å². The molecule has 1 aromatic rings. The average Bonchev–Trinajstić information content (AvgIpc) is 2.31. The fourth-order valence-corrected chi connectivity index (χ4v) is 1.72. The van der Waals surface area contributed by atoms with Crippen molar-refractivity contribution in [2.24, 2.45) is 5.92 Å². The minimum atomic E-state index is -1.12. The number of carbonyl (C=O) groups excluding carboxylic acids is 2. The number of esters is 1. The summed E-state index contributed by atoms with van der Waals surface area (Å²) in [5.74, 6) is -2.20. The van der Waals surface area contributed by atoms with Crippen molar-refractivity contribution in [1.82, 2.24) is 0 Å². The monoisotopic (exact) mass is 267 g/mol. The third-order valence-electron chi connectivity index (χ3n) is 2.50. The molecule has 5 heteroatoms. The van der Waals surface area contributed by atoms with E-state index in [0.717, 1.165) is 5.56 Å². The van der Waals surface area contributed by atoms with Crippen LogP contribution in [0.15, 0.2) is 24.3 Å². The third-order valence-corrected chi connectivity index (χ3v) is 2.75. The molecule has 0 amide bonds. The number of benzene rings is 1. The average molecular weight is 268 g/mol. The van der Waals surface area contributed by atoms with Gasteiger partial charge in [0.05, 0.1) is 7.11 Å². The highest BCUT2D eigenvalue weighted by molar-refractivity contribution is 6.30. The number of nitrogens with one attached hydrogen (secondary N) is 1. The van der Waals surface area contributed by atoms with Crippen LogP contribution in [-0.4, -0.2) is 24.6 Å². The second kappa shape index (κ2) is 6.31. The summed E-state index contributed by atoms with van der Waals surface area (Å²) in [4.78, 5) is 22.8. The number of rotatable bonds is 5. The molecule has 18 heavy (non-hydrogen) atoms. The smallest absolute Gasteiger partial charge is 0.321 e. The predicted octanol–water partition coefficient (Wildman–Crippen LogP) is 2.28. The Morgan fingerprint density at radius 3 is 2.33 bits per heavy atom. The van der Waals surface area contributed by atoms with Crippen molar-refractivity contribution in [3.8, 4) is 0 Å². The summed E-state index contributed by atoms with van der Waals surface area (Å²) in [6.07, 6.45) is 0.219. The molecule has 1 rings (SSSR count). The van der Waals surface area contributed by atoms with E-state index in [2.05, 4.69) is 4.74 Å². The van der Waals surface area contributed by atoms with Gasteiger partial charge in [-0.15, -0.1) is 0 Å². The second-order valence-corrected chi connectivity index (χ2v) is 4.33. The van der Waals surface area contributed by atoms with Crippen LogP contribution in [0.2, 0.25) is 5.02 Å². The zero-order valence-electron chi connectivity index (χ0n) is 10.2. The number of Topliss-reactive ketones (excluding diaryl/α,β-unsaturated/α-hetero) is 1. The Morgan fingerprint density at radius 1 is 1.33 bits per heavy atom. The summed E-state index contributed by atoms with van der Waals surface area (Å²) in [5, 5.41) is 8.45. The van der Waals surface area contributed by atoms with E-state index in [-0.39, 0.29) is 17.9 Å². The first-order chi connectivity index (χ1) is 8.45. The summed E-state index contributed by atoms with van der Waals surface area (Å²) in [6.45, 7) is 1.28. The summed E-state index contributed by atoms with van der Waals surface area (Å²) in [5.41, 5.74) is 0.844. The van der Waals surface area contributed by atoms with Gasteiger partial charge in [0.15, 0.2) is 5.92 Å². The van der Waals surface area contributed by atoms with Crippen molar-refractivity contribution >= 4 is 29.1 Å². The highest BCUT2D eigenvalue weighted by atomic mass is 35.5. The molecule has 0 saturated heterocycles. The molecule has 1 N–H and O–H groups in total. The minimum absolute atomic E-state index is 0.0247. The molecular weight excluding hydrogens is 254 g/mol. The molecule has 0 heterocycles. The van der Waals surface area contributed by atoms with Crippen LogP contribution < -0.4 is 0 Å². The van der Waals surface area contributed by atoms with Gasteiger partial charge in [-0.25, -0.2) is 0 Å². The molecule has 0 aliphatic rings. The number of ketones is 1. The second-order valence-electron chi connectivity index (χ2n) is 3.90. The highest BCUT2D eigenvalue weighted by Gasteiger charge is 2.28. The Hall–Kier alpha value is -1.68. The molecule has 1 aromatic carbocycles. The third kappa shape index (κ3) is 3.67. The summed E-state index contributed by atoms with van der Waals surface area (Å²) < 4.78 is 4.53. The van der Waals surface area contributed by atoms with Crippen LogP contribution in [0, 0.1) is 11.3 Å². The lowest BCUT2D eigenvalue weighted by Gasteiger charge is -2.12. The summed E-state index contributed by atoms with van der Waals surface area (Å²) >= 11 is 5.75. The van der Waals surface area contributed by atoms with Crippen LogP contribution in [0.5, 0.6) is 0 Å². The molecule has 96 valence electrons. The van der Waals surface area contributed by atoms with Crippen LogP contribution in [0.3, 0.4) is 0 Å². The lowest BCUT2D eigenvalue weighted by Crippen LogP contribution is -2.32. The first-order valence-electron chi connectivity index (χ1n) is 5.35. The Morgan fingerprint density at radius 2 is 1.89 bits per heavy atom. The van der Waals surface area contributed by atoms with Gasteiger partial charge in [-0.1, -0.05) is 23.7 Å². The first kappa shape index (κ1) is 14.4. The van der Waals surface area contributed by atoms with Crippen molar-refractivity contribution in [2.45, 2.75) is 13.3 Å². The van der Waals surface area contributed by atoms with Crippen LogP contribution >= 0.6 is 11.6 Å². The molecular formula is C13H14ClNO3. The zero-order valence-corrected chi connectivity index (χ0v) is 11.0. The Kier molecular flexibility index (Phi) is 5.04. The number of ether oxygens (including phenoxy) is 1. The fraction of sp³-hybridized carbons (Fsp3) is 0.308. The fourth-order valence-electron chi connectivity index (χ4n) is 1.60. The first-order valence-corrected chi connectivity index (χ1v) is 5.73. The van der Waals surface area contributed by atoms with E-state index < -0.39 is 11.9 Å². The van der Waals surface area contributed by atoms with Crippen molar-refractivity contribution in [3.63, 3.8) is 0 Å². The number of hydrogen-bond donors (Lipinski definition) is 1. The largest absolute Gasteiger partial charge is 0.468 e. The molecule has 0 aliphatic heterocycles. The quantitative estimate of drug-likeness (QED) is 0.506. The van der Waals surface area contributed by atoms with Gasteiger partial charge in [-0.2, -0.15) is 0 Å². The van der Waals surface area contributed by atoms with Gasteiger partial charge >= 0.3 is 5.97 Å². The van der Waals surface area contributed by atoms with Crippen LogP contribution in [0.25, 0.3) is 0 Å². The molecule has 1 unspecified atom stereocenters. The molecule has 1 atom stereocenters. The molecule has 0 saturated carbocycles. The van der Waals surface area contributed by atoms with Gasteiger partial charge in [0.2, 0.25) is 0 Å². The van der Waals surface area contributed by atoms with Crippen molar-refractivity contribution in [2.75, 3.05) is 7.11 Å². The maximum absolute atomic E-state index is 11.4. The Bertz CT molecular complexity index is 468. The lowest BCUT2D eigenvalue weighted by molar-refractivity contribution is -0.146. The van der Waals surface area contributed by atoms with E-state index in [0.29, 0.717) is 5.02 Å². The lowest BCUT2D eigenvalue weighted by atomic mass is 9.94. The molecule has 0 fully saturated rings. The molecule has 0 spiro atoms. The normalized spacial score (nSPS) is 11.7. The van der Waals surface area contributed by atoms with Gasteiger partial charge in [-0.05, 0) is 24.6 Å². The van der Waals surface area contributed by atoms with Gasteiger partial charge in [0.25, 0.3) is 0 Å². The van der Waals surface area contributed by atoms with Crippen LogP contribution in [0.4, 0.5) is 0 Å². The Balaban J connectivity index is 2.82. The number of carbonyl (C=O) groups is 2. The molecule has 0 bridgehead atoms. The van der Waals surface area contributed by atoms with E-state index in [9.17, 15) is 9.59 Å². The summed E-state index contributed by atoms with van der Waals surface area (Å²) in [7, 11) is 1.20. The Labute approximate surface area is 110 Å². The molecule has 0 aromatic heterocycles. The van der Waals surface area contributed by atoms with Gasteiger partial charge in [-0.3, -0.25) is 9.59 Å². The maximum Gasteiger partial charge on any atom is 0.321 e.